The molecule has 0 unspecified atom stereocenters. The Bertz CT molecular complexity index is 1510. The molecule has 34 heavy (non-hydrogen) atoms. The van der Waals surface area contributed by atoms with Gasteiger partial charge in [0.05, 0.1) is 16.5 Å². The highest BCUT2D eigenvalue weighted by molar-refractivity contribution is 7.89. The maximum atomic E-state index is 13.3. The van der Waals surface area contributed by atoms with Crippen LogP contribution in [-0.4, -0.2) is 46.6 Å². The quantitative estimate of drug-likeness (QED) is 0.516. The number of nitrogens with one attached hydrogen (secondary N) is 2. The Morgan fingerprint density at radius 3 is 2.74 bits per heavy atom. The SMILES string of the molecule is CC1(NS(=O)(=O)c2cc(C3=CCNCC3)c3c(Cl)nc(-c4nnc(C5(C#N)CC5)s4)n3c2)CC1. The van der Waals surface area contributed by atoms with E-state index in [1.165, 1.54) is 11.3 Å². The highest BCUT2D eigenvalue weighted by Crippen LogP contribution is 2.49. The zero-order chi connectivity index (χ0) is 23.7. The molecule has 2 saturated carbocycles. The third kappa shape index (κ3) is 3.65. The highest BCUT2D eigenvalue weighted by atomic mass is 35.5. The van der Waals surface area contributed by atoms with Crippen LogP contribution >= 0.6 is 22.9 Å². The molecule has 0 saturated heterocycles. The number of sulfonamides is 1. The number of rotatable bonds is 6. The van der Waals surface area contributed by atoms with Crippen LogP contribution in [0.4, 0.5) is 0 Å². The standard InChI is InChI=1S/C22H22ClN7O2S2/c1-21(4-5-21)29-34(31,32)14-10-15(13-2-8-25-9-3-13)16-17(23)26-18(30(16)11-14)19-27-28-20(33-19)22(12-24)6-7-22/h2,10-11,25,29H,3-9H2,1H3. The van der Waals surface area contributed by atoms with Gasteiger partial charge in [-0.25, -0.2) is 18.1 Å². The highest BCUT2D eigenvalue weighted by Gasteiger charge is 2.48. The van der Waals surface area contributed by atoms with E-state index in [4.69, 9.17) is 11.6 Å². The smallest absolute Gasteiger partial charge is 0.242 e. The molecule has 0 bridgehead atoms. The molecule has 3 aliphatic rings. The van der Waals surface area contributed by atoms with Crippen LogP contribution in [0.25, 0.3) is 21.9 Å². The van der Waals surface area contributed by atoms with Crippen LogP contribution in [0.15, 0.2) is 23.2 Å². The Labute approximate surface area is 205 Å². The Kier molecular flexibility index (Phi) is 4.92. The van der Waals surface area contributed by atoms with E-state index < -0.39 is 21.0 Å². The molecule has 2 aliphatic carbocycles. The molecule has 0 amide bonds. The fourth-order valence-corrected chi connectivity index (χ4v) is 7.02. The summed E-state index contributed by atoms with van der Waals surface area (Å²) in [7, 11) is -3.77. The van der Waals surface area contributed by atoms with Crippen molar-refractivity contribution in [2.45, 2.75) is 54.9 Å². The van der Waals surface area contributed by atoms with Gasteiger partial charge in [0.2, 0.25) is 10.0 Å². The summed E-state index contributed by atoms with van der Waals surface area (Å²) in [4.78, 5) is 4.71. The molecule has 12 heteroatoms. The van der Waals surface area contributed by atoms with E-state index >= 15 is 0 Å². The lowest BCUT2D eigenvalue weighted by Crippen LogP contribution is -2.34. The number of nitrogens with zero attached hydrogens (tertiary/aromatic N) is 5. The number of hydrogen-bond acceptors (Lipinski definition) is 8. The first kappa shape index (κ1) is 22.1. The summed E-state index contributed by atoms with van der Waals surface area (Å²) in [5, 5.41) is 22.8. The van der Waals surface area contributed by atoms with Crippen molar-refractivity contribution >= 4 is 44.1 Å². The molecule has 176 valence electrons. The zero-order valence-electron chi connectivity index (χ0n) is 18.4. The first-order chi connectivity index (χ1) is 16.2. The van der Waals surface area contributed by atoms with Crippen LogP contribution in [0.5, 0.6) is 0 Å². The Morgan fingerprint density at radius 1 is 1.29 bits per heavy atom. The normalized spacial score (nSPS) is 20.7. The van der Waals surface area contributed by atoms with Crippen molar-refractivity contribution in [2.75, 3.05) is 13.1 Å². The fraction of sp³-hybridized carbons (Fsp3) is 0.455. The second kappa shape index (κ2) is 7.57. The topological polar surface area (TPSA) is 125 Å². The van der Waals surface area contributed by atoms with Crippen molar-refractivity contribution in [3.05, 3.63) is 34.1 Å². The Hall–Kier alpha value is -2.36. The van der Waals surface area contributed by atoms with Gasteiger partial charge in [0.25, 0.3) is 0 Å². The molecule has 0 spiro atoms. The molecular formula is C22H22ClN7O2S2. The average molecular weight is 516 g/mol. The van der Waals surface area contributed by atoms with E-state index in [2.05, 4.69) is 37.4 Å². The lowest BCUT2D eigenvalue weighted by atomic mass is 10.0. The van der Waals surface area contributed by atoms with Crippen LogP contribution in [-0.2, 0) is 15.4 Å². The minimum absolute atomic E-state index is 0.151. The van der Waals surface area contributed by atoms with Crippen molar-refractivity contribution < 1.29 is 8.42 Å². The molecule has 6 rings (SSSR count). The molecule has 9 nitrogen and oxygen atoms in total. The maximum absolute atomic E-state index is 13.3. The summed E-state index contributed by atoms with van der Waals surface area (Å²) in [5.41, 5.74) is 1.44. The van der Waals surface area contributed by atoms with Gasteiger partial charge in [-0.1, -0.05) is 29.0 Å². The fourth-order valence-electron chi connectivity index (χ4n) is 4.23. The van der Waals surface area contributed by atoms with Gasteiger partial charge in [-0.2, -0.15) is 5.26 Å². The second-order valence-corrected chi connectivity index (χ2v) is 12.5. The number of pyridine rings is 1. The van der Waals surface area contributed by atoms with E-state index in [0.29, 0.717) is 27.9 Å². The van der Waals surface area contributed by atoms with Crippen LogP contribution in [0.3, 0.4) is 0 Å². The predicted octanol–water partition coefficient (Wildman–Crippen LogP) is 3.27. The van der Waals surface area contributed by atoms with Gasteiger partial charge in [-0.15, -0.1) is 10.2 Å². The van der Waals surface area contributed by atoms with E-state index in [-0.39, 0.29) is 10.0 Å². The van der Waals surface area contributed by atoms with Gasteiger partial charge >= 0.3 is 0 Å². The van der Waals surface area contributed by atoms with Crippen LogP contribution < -0.4 is 10.0 Å². The van der Waals surface area contributed by atoms with Gasteiger partial charge in [-0.05, 0) is 57.2 Å². The number of imidazole rings is 1. The monoisotopic (exact) mass is 515 g/mol. The van der Waals surface area contributed by atoms with Gasteiger partial charge in [0, 0.05) is 23.8 Å². The summed E-state index contributed by atoms with van der Waals surface area (Å²) >= 11 is 7.94. The summed E-state index contributed by atoms with van der Waals surface area (Å²) in [5.74, 6) is 0.419. The predicted molar refractivity (Wildman–Crippen MR) is 129 cm³/mol. The molecule has 3 aromatic heterocycles. The minimum atomic E-state index is -3.77. The lowest BCUT2D eigenvalue weighted by molar-refractivity contribution is 0.557. The molecule has 1 aliphatic heterocycles. The third-order valence-electron chi connectivity index (χ3n) is 6.76. The van der Waals surface area contributed by atoms with Crippen molar-refractivity contribution in [1.29, 1.82) is 5.26 Å². The summed E-state index contributed by atoms with van der Waals surface area (Å²) in [6.07, 6.45) is 7.51. The summed E-state index contributed by atoms with van der Waals surface area (Å²) in [6.45, 7) is 3.40. The average Bonchev–Trinajstić information content (AvgIpc) is 3.68. The van der Waals surface area contributed by atoms with E-state index in [1.807, 2.05) is 6.92 Å². The van der Waals surface area contributed by atoms with E-state index in [0.717, 1.165) is 49.8 Å². The van der Waals surface area contributed by atoms with Crippen molar-refractivity contribution in [3.8, 4) is 16.9 Å². The van der Waals surface area contributed by atoms with Gasteiger partial charge in [-0.3, -0.25) is 4.40 Å². The van der Waals surface area contributed by atoms with Gasteiger partial charge in [0.1, 0.15) is 10.4 Å². The number of hydrogen-bond donors (Lipinski definition) is 2. The largest absolute Gasteiger partial charge is 0.313 e. The molecule has 2 fully saturated rings. The number of nitriles is 1. The van der Waals surface area contributed by atoms with E-state index in [9.17, 15) is 13.7 Å². The number of aromatic nitrogens is 4. The number of fused-ring (bicyclic) bond motifs is 1. The van der Waals surface area contributed by atoms with Crippen molar-refractivity contribution in [3.63, 3.8) is 0 Å². The Balaban J connectivity index is 1.55. The van der Waals surface area contributed by atoms with Crippen molar-refractivity contribution in [1.82, 2.24) is 29.6 Å². The molecule has 2 N–H and O–H groups in total. The summed E-state index contributed by atoms with van der Waals surface area (Å²) < 4.78 is 31.2. The summed E-state index contributed by atoms with van der Waals surface area (Å²) in [6, 6.07) is 4.03. The molecule has 0 radical (unpaired) electrons. The first-order valence-electron chi connectivity index (χ1n) is 11.2. The third-order valence-corrected chi connectivity index (χ3v) is 9.75. The van der Waals surface area contributed by atoms with E-state index in [1.54, 1.807) is 16.7 Å². The molecule has 4 heterocycles. The maximum Gasteiger partial charge on any atom is 0.242 e. The zero-order valence-corrected chi connectivity index (χ0v) is 20.8. The molecule has 0 aromatic carbocycles. The Morgan fingerprint density at radius 2 is 2.09 bits per heavy atom. The number of halogens is 1. The first-order valence-corrected chi connectivity index (χ1v) is 13.8. The van der Waals surface area contributed by atoms with Crippen molar-refractivity contribution in [2.24, 2.45) is 0 Å². The van der Waals surface area contributed by atoms with Gasteiger partial charge < -0.3 is 5.32 Å². The second-order valence-electron chi connectivity index (χ2n) is 9.49. The van der Waals surface area contributed by atoms with Crippen LogP contribution in [0.2, 0.25) is 5.15 Å². The van der Waals surface area contributed by atoms with Crippen LogP contribution in [0, 0.1) is 11.3 Å². The lowest BCUT2D eigenvalue weighted by Gasteiger charge is -2.18. The molecule has 0 atom stereocenters. The molecular weight excluding hydrogens is 494 g/mol. The minimum Gasteiger partial charge on any atom is -0.313 e. The molecule has 3 aromatic rings. The van der Waals surface area contributed by atoms with Crippen LogP contribution in [0.1, 0.15) is 49.6 Å². The van der Waals surface area contributed by atoms with Gasteiger partial charge in [0.15, 0.2) is 16.0 Å².